The fourth-order valence-electron chi connectivity index (χ4n) is 2.88. The third-order valence-corrected chi connectivity index (χ3v) is 4.36. The average molecular weight is 276 g/mol. The lowest BCUT2D eigenvalue weighted by Gasteiger charge is -2.37. The molecular formula is C17H28N2O. The summed E-state index contributed by atoms with van der Waals surface area (Å²) in [5.74, 6) is 0.411. The van der Waals surface area contributed by atoms with Crippen molar-refractivity contribution in [2.75, 3.05) is 24.5 Å². The number of hydrogen-bond acceptors (Lipinski definition) is 3. The molecule has 0 aliphatic carbocycles. The van der Waals surface area contributed by atoms with Crippen molar-refractivity contribution < 1.29 is 5.11 Å². The van der Waals surface area contributed by atoms with Crippen LogP contribution in [0.4, 0.5) is 5.69 Å². The molecule has 3 atom stereocenters. The fraction of sp³-hybridized carbons (Fsp3) is 0.647. The standard InChI is InChI=1S/C17H28N2O/c1-4-10-18-14(3)15-7-5-6-8-16(15)19-11-9-13(2)17(20)12-19/h5-8,13-14,17-18,20H,4,9-12H2,1-3H3. The molecule has 1 aliphatic rings. The van der Waals surface area contributed by atoms with E-state index in [4.69, 9.17) is 0 Å². The molecule has 0 amide bonds. The van der Waals surface area contributed by atoms with E-state index in [0.717, 1.165) is 32.5 Å². The largest absolute Gasteiger partial charge is 0.391 e. The van der Waals surface area contributed by atoms with E-state index in [0.29, 0.717) is 12.0 Å². The van der Waals surface area contributed by atoms with Crippen LogP contribution in [0.2, 0.25) is 0 Å². The van der Waals surface area contributed by atoms with E-state index >= 15 is 0 Å². The highest BCUT2D eigenvalue weighted by atomic mass is 16.3. The van der Waals surface area contributed by atoms with Crippen molar-refractivity contribution in [3.05, 3.63) is 29.8 Å². The number of aliphatic hydroxyl groups excluding tert-OH is 1. The normalized spacial score (nSPS) is 24.7. The minimum atomic E-state index is -0.212. The van der Waals surface area contributed by atoms with Gasteiger partial charge in [0.2, 0.25) is 0 Å². The SMILES string of the molecule is CCCNC(C)c1ccccc1N1CCC(C)C(O)C1. The van der Waals surface area contributed by atoms with Crippen LogP contribution in [0.3, 0.4) is 0 Å². The summed E-state index contributed by atoms with van der Waals surface area (Å²) in [6.07, 6.45) is 1.99. The van der Waals surface area contributed by atoms with Crippen LogP contribution in [-0.4, -0.2) is 30.8 Å². The van der Waals surface area contributed by atoms with Crippen LogP contribution in [-0.2, 0) is 0 Å². The van der Waals surface area contributed by atoms with Gasteiger partial charge >= 0.3 is 0 Å². The molecule has 1 aliphatic heterocycles. The Hall–Kier alpha value is -1.06. The topological polar surface area (TPSA) is 35.5 Å². The molecule has 3 nitrogen and oxygen atoms in total. The van der Waals surface area contributed by atoms with E-state index in [2.05, 4.69) is 55.3 Å². The summed E-state index contributed by atoms with van der Waals surface area (Å²) >= 11 is 0. The number of para-hydroxylation sites is 1. The highest BCUT2D eigenvalue weighted by Gasteiger charge is 2.26. The molecule has 1 saturated heterocycles. The van der Waals surface area contributed by atoms with Gasteiger partial charge in [0.25, 0.3) is 0 Å². The van der Waals surface area contributed by atoms with Gasteiger partial charge in [0.05, 0.1) is 6.10 Å². The quantitative estimate of drug-likeness (QED) is 0.868. The van der Waals surface area contributed by atoms with E-state index in [1.807, 2.05) is 0 Å². The first-order chi connectivity index (χ1) is 9.63. The maximum atomic E-state index is 10.1. The van der Waals surface area contributed by atoms with Crippen LogP contribution in [0.5, 0.6) is 0 Å². The lowest BCUT2D eigenvalue weighted by molar-refractivity contribution is 0.103. The molecule has 1 aromatic rings. The van der Waals surface area contributed by atoms with E-state index in [1.54, 1.807) is 0 Å². The molecule has 2 N–H and O–H groups in total. The summed E-state index contributed by atoms with van der Waals surface area (Å²) < 4.78 is 0. The number of anilines is 1. The third-order valence-electron chi connectivity index (χ3n) is 4.36. The minimum Gasteiger partial charge on any atom is -0.391 e. The predicted octanol–water partition coefficient (Wildman–Crippen LogP) is 2.95. The number of β-amino-alcohol motifs (C(OH)–C–C–N with tert-alkyl or cyclic N) is 1. The molecule has 0 saturated carbocycles. The second-order valence-corrected chi connectivity index (χ2v) is 6.01. The number of rotatable bonds is 5. The fourth-order valence-corrected chi connectivity index (χ4v) is 2.88. The Morgan fingerprint density at radius 3 is 2.85 bits per heavy atom. The molecule has 1 fully saturated rings. The number of nitrogens with zero attached hydrogens (tertiary/aromatic N) is 1. The molecule has 3 heteroatoms. The molecule has 2 rings (SSSR count). The van der Waals surface area contributed by atoms with Gasteiger partial charge in [-0.3, -0.25) is 0 Å². The molecular weight excluding hydrogens is 248 g/mol. The smallest absolute Gasteiger partial charge is 0.0741 e. The van der Waals surface area contributed by atoms with E-state index in [9.17, 15) is 5.11 Å². The van der Waals surface area contributed by atoms with Gasteiger partial charge in [-0.05, 0) is 43.9 Å². The van der Waals surface area contributed by atoms with Crippen molar-refractivity contribution in [1.29, 1.82) is 0 Å². The van der Waals surface area contributed by atoms with Crippen LogP contribution in [0, 0.1) is 5.92 Å². The maximum Gasteiger partial charge on any atom is 0.0741 e. The van der Waals surface area contributed by atoms with Gasteiger partial charge in [0.15, 0.2) is 0 Å². The van der Waals surface area contributed by atoms with E-state index in [1.165, 1.54) is 11.3 Å². The molecule has 3 unspecified atom stereocenters. The maximum absolute atomic E-state index is 10.1. The molecule has 0 aromatic heterocycles. The molecule has 1 aromatic carbocycles. The van der Waals surface area contributed by atoms with Crippen molar-refractivity contribution in [2.24, 2.45) is 5.92 Å². The van der Waals surface area contributed by atoms with Crippen LogP contribution >= 0.6 is 0 Å². The van der Waals surface area contributed by atoms with Gasteiger partial charge in [-0.2, -0.15) is 0 Å². The van der Waals surface area contributed by atoms with Crippen LogP contribution in [0.25, 0.3) is 0 Å². The predicted molar refractivity (Wildman–Crippen MR) is 85.2 cm³/mol. The highest BCUT2D eigenvalue weighted by Crippen LogP contribution is 2.29. The highest BCUT2D eigenvalue weighted by molar-refractivity contribution is 5.55. The Labute approximate surface area is 123 Å². The van der Waals surface area contributed by atoms with Gasteiger partial charge < -0.3 is 15.3 Å². The van der Waals surface area contributed by atoms with E-state index < -0.39 is 0 Å². The molecule has 20 heavy (non-hydrogen) atoms. The second kappa shape index (κ2) is 7.09. The van der Waals surface area contributed by atoms with Gasteiger partial charge in [0.1, 0.15) is 0 Å². The molecule has 112 valence electrons. The lowest BCUT2D eigenvalue weighted by Crippen LogP contribution is -2.43. The Morgan fingerprint density at radius 1 is 1.40 bits per heavy atom. The summed E-state index contributed by atoms with van der Waals surface area (Å²) in [7, 11) is 0. The summed E-state index contributed by atoms with van der Waals surface area (Å²) in [6.45, 7) is 9.37. The van der Waals surface area contributed by atoms with Crippen LogP contribution in [0.15, 0.2) is 24.3 Å². The zero-order valence-corrected chi connectivity index (χ0v) is 13.0. The molecule has 0 radical (unpaired) electrons. The molecule has 0 bridgehead atoms. The summed E-state index contributed by atoms with van der Waals surface area (Å²) in [4.78, 5) is 2.34. The number of hydrogen-bond donors (Lipinski definition) is 2. The monoisotopic (exact) mass is 276 g/mol. The average Bonchev–Trinajstić information content (AvgIpc) is 2.47. The molecule has 1 heterocycles. The number of aliphatic hydroxyl groups is 1. The van der Waals surface area contributed by atoms with Gasteiger partial charge in [-0.1, -0.05) is 32.0 Å². The minimum absolute atomic E-state index is 0.212. The first-order valence-electron chi connectivity index (χ1n) is 7.88. The zero-order valence-electron chi connectivity index (χ0n) is 13.0. The van der Waals surface area contributed by atoms with Crippen molar-refractivity contribution in [1.82, 2.24) is 5.32 Å². The second-order valence-electron chi connectivity index (χ2n) is 6.01. The first-order valence-corrected chi connectivity index (χ1v) is 7.88. The zero-order chi connectivity index (χ0) is 14.5. The van der Waals surface area contributed by atoms with Crippen molar-refractivity contribution in [3.63, 3.8) is 0 Å². The van der Waals surface area contributed by atoms with Gasteiger partial charge in [-0.25, -0.2) is 0 Å². The molecule has 0 spiro atoms. The van der Waals surface area contributed by atoms with Crippen LogP contribution < -0.4 is 10.2 Å². The number of benzene rings is 1. The number of piperidine rings is 1. The van der Waals surface area contributed by atoms with Crippen molar-refractivity contribution >= 4 is 5.69 Å². The van der Waals surface area contributed by atoms with E-state index in [-0.39, 0.29) is 6.10 Å². The number of nitrogens with one attached hydrogen (secondary N) is 1. The van der Waals surface area contributed by atoms with Gasteiger partial charge in [0, 0.05) is 24.8 Å². The Morgan fingerprint density at radius 2 is 2.15 bits per heavy atom. The summed E-state index contributed by atoms with van der Waals surface area (Å²) in [5, 5.41) is 13.7. The lowest BCUT2D eigenvalue weighted by atomic mass is 9.94. The van der Waals surface area contributed by atoms with Crippen LogP contribution in [0.1, 0.15) is 45.2 Å². The Kier molecular flexibility index (Phi) is 5.44. The van der Waals surface area contributed by atoms with Crippen molar-refractivity contribution in [2.45, 2.75) is 45.8 Å². The summed E-state index contributed by atoms with van der Waals surface area (Å²) in [6, 6.07) is 8.93. The first kappa shape index (κ1) is 15.3. The van der Waals surface area contributed by atoms with Crippen molar-refractivity contribution in [3.8, 4) is 0 Å². The third kappa shape index (κ3) is 3.53. The Balaban J connectivity index is 2.15. The Bertz CT molecular complexity index is 421. The van der Waals surface area contributed by atoms with Gasteiger partial charge in [-0.15, -0.1) is 0 Å². The summed E-state index contributed by atoms with van der Waals surface area (Å²) in [5.41, 5.74) is 2.61.